The molecule has 0 unspecified atom stereocenters. The van der Waals surface area contributed by atoms with Crippen LogP contribution in [0.1, 0.15) is 23.6 Å². The van der Waals surface area contributed by atoms with Gasteiger partial charge in [0.15, 0.2) is 0 Å². The molecule has 30 heavy (non-hydrogen) atoms. The zero-order valence-corrected chi connectivity index (χ0v) is 20.3. The van der Waals surface area contributed by atoms with Crippen molar-refractivity contribution >= 4 is 78.4 Å². The molecular formula is C24H18N2S4. The van der Waals surface area contributed by atoms with Gasteiger partial charge in [0.2, 0.25) is 0 Å². The highest BCUT2D eigenvalue weighted by atomic mass is 32.2. The lowest BCUT2D eigenvalue weighted by atomic mass is 9.98. The lowest BCUT2D eigenvalue weighted by Gasteiger charge is -2.25. The van der Waals surface area contributed by atoms with E-state index >= 15 is 0 Å². The van der Waals surface area contributed by atoms with Crippen LogP contribution in [0.15, 0.2) is 56.2 Å². The van der Waals surface area contributed by atoms with Gasteiger partial charge in [0.05, 0.1) is 21.5 Å². The first-order chi connectivity index (χ1) is 14.5. The van der Waals surface area contributed by atoms with Gasteiger partial charge in [-0.05, 0) is 64.1 Å². The van der Waals surface area contributed by atoms with Crippen LogP contribution in [0.3, 0.4) is 0 Å². The smallest absolute Gasteiger partial charge is 0.0755 e. The minimum atomic E-state index is 1.08. The number of benzene rings is 2. The highest BCUT2D eigenvalue weighted by Gasteiger charge is 2.28. The van der Waals surface area contributed by atoms with E-state index in [1.54, 1.807) is 23.5 Å². The van der Waals surface area contributed by atoms with Gasteiger partial charge in [-0.3, -0.25) is 0 Å². The van der Waals surface area contributed by atoms with E-state index in [-0.39, 0.29) is 0 Å². The fourth-order valence-corrected chi connectivity index (χ4v) is 8.09. The van der Waals surface area contributed by atoms with Gasteiger partial charge in [-0.25, -0.2) is 9.98 Å². The molecule has 0 spiro atoms. The van der Waals surface area contributed by atoms with Crippen LogP contribution < -0.4 is 0 Å². The van der Waals surface area contributed by atoms with Crippen LogP contribution in [0.4, 0.5) is 11.4 Å². The van der Waals surface area contributed by atoms with E-state index in [0.717, 1.165) is 21.5 Å². The maximum absolute atomic E-state index is 4.99. The number of aryl methyl sites for hydroxylation is 2. The molecule has 2 nitrogen and oxygen atoms in total. The number of nitrogens with zero attached hydrogens (tertiary/aromatic N) is 2. The molecule has 0 atom stereocenters. The molecule has 6 heteroatoms. The molecule has 148 valence electrons. The topological polar surface area (TPSA) is 24.7 Å². The average molecular weight is 463 g/mol. The third kappa shape index (κ3) is 2.85. The first-order valence-corrected chi connectivity index (χ1v) is 13.0. The van der Waals surface area contributed by atoms with Gasteiger partial charge in [0, 0.05) is 51.2 Å². The highest BCUT2D eigenvalue weighted by Crippen LogP contribution is 2.56. The number of hydrogen-bond acceptors (Lipinski definition) is 6. The quantitative estimate of drug-likeness (QED) is 0.296. The molecule has 4 heterocycles. The average Bonchev–Trinajstić information content (AvgIpc) is 3.32. The lowest BCUT2D eigenvalue weighted by Crippen LogP contribution is -2.00. The molecule has 2 aliphatic heterocycles. The minimum Gasteiger partial charge on any atom is -0.246 e. The Labute approximate surface area is 192 Å². The molecule has 0 saturated carbocycles. The molecule has 0 radical (unpaired) electrons. The highest BCUT2D eigenvalue weighted by molar-refractivity contribution is 8.14. The maximum atomic E-state index is 4.99. The van der Waals surface area contributed by atoms with Gasteiger partial charge in [-0.15, -0.1) is 22.7 Å². The van der Waals surface area contributed by atoms with Crippen molar-refractivity contribution in [2.45, 2.75) is 37.5 Å². The van der Waals surface area contributed by atoms with E-state index in [2.05, 4.69) is 64.1 Å². The summed E-state index contributed by atoms with van der Waals surface area (Å²) < 4.78 is 0. The second-order valence-corrected chi connectivity index (χ2v) is 12.6. The zero-order valence-electron chi connectivity index (χ0n) is 17.0. The van der Waals surface area contributed by atoms with Crippen molar-refractivity contribution in [3.8, 4) is 20.9 Å². The number of thiophene rings is 2. The van der Waals surface area contributed by atoms with E-state index in [9.17, 15) is 0 Å². The number of rotatable bonds is 2. The van der Waals surface area contributed by atoms with E-state index < -0.39 is 0 Å². The van der Waals surface area contributed by atoms with Gasteiger partial charge >= 0.3 is 0 Å². The molecule has 0 fully saturated rings. The summed E-state index contributed by atoms with van der Waals surface area (Å²) in [5, 5.41) is 4.72. The molecule has 4 aromatic rings. The molecule has 0 N–H and O–H groups in total. The summed E-state index contributed by atoms with van der Waals surface area (Å²) in [5.74, 6) is 0. The second kappa shape index (κ2) is 6.82. The van der Waals surface area contributed by atoms with Crippen LogP contribution in [-0.2, 0) is 0 Å². The molecule has 0 bridgehead atoms. The Morgan fingerprint density at radius 3 is 1.40 bits per heavy atom. The molecule has 0 saturated heterocycles. The summed E-state index contributed by atoms with van der Waals surface area (Å²) in [7, 11) is 0. The van der Waals surface area contributed by atoms with E-state index in [4.69, 9.17) is 9.98 Å². The Bertz CT molecular complexity index is 1330. The van der Waals surface area contributed by atoms with Crippen molar-refractivity contribution in [3.05, 3.63) is 46.2 Å². The van der Waals surface area contributed by atoms with Crippen LogP contribution in [0, 0.1) is 13.8 Å². The Kier molecular flexibility index (Phi) is 4.29. The Hall–Kier alpha value is -1.86. The van der Waals surface area contributed by atoms with Gasteiger partial charge in [-0.2, -0.15) is 0 Å². The standard InChI is InChI=1S/C24H18N2S4/c1-11-5-7-19(27-11)15-9-17-22-21-18(26-13(3)29-23(15)21)10-16(20-8-6-12(2)28-20)24(22)30-14(4)25-17/h5-10H,1-4H3. The summed E-state index contributed by atoms with van der Waals surface area (Å²) in [6.07, 6.45) is 0. The molecule has 2 aliphatic rings. The zero-order chi connectivity index (χ0) is 20.6. The van der Waals surface area contributed by atoms with E-state index in [1.807, 2.05) is 22.7 Å². The first kappa shape index (κ1) is 18.9. The third-order valence-corrected chi connectivity index (χ3v) is 9.43. The predicted octanol–water partition coefficient (Wildman–Crippen LogP) is 9.22. The second-order valence-electron chi connectivity index (χ2n) is 7.58. The summed E-state index contributed by atoms with van der Waals surface area (Å²) in [4.78, 5) is 17.9. The molecule has 6 rings (SSSR count). The van der Waals surface area contributed by atoms with Crippen molar-refractivity contribution in [1.29, 1.82) is 0 Å². The molecule has 0 aliphatic carbocycles. The monoisotopic (exact) mass is 462 g/mol. The third-order valence-electron chi connectivity index (χ3n) is 5.33. The Morgan fingerprint density at radius 1 is 0.600 bits per heavy atom. The molecular weight excluding hydrogens is 445 g/mol. The van der Waals surface area contributed by atoms with Crippen molar-refractivity contribution in [1.82, 2.24) is 0 Å². The van der Waals surface area contributed by atoms with E-state index in [1.165, 1.54) is 51.2 Å². The molecule has 0 amide bonds. The van der Waals surface area contributed by atoms with Gasteiger partial charge < -0.3 is 0 Å². The molecule has 2 aromatic carbocycles. The Balaban J connectivity index is 1.76. The predicted molar refractivity (Wildman–Crippen MR) is 137 cm³/mol. The minimum absolute atomic E-state index is 1.08. The normalized spacial score (nSPS) is 14.8. The van der Waals surface area contributed by atoms with Crippen molar-refractivity contribution in [3.63, 3.8) is 0 Å². The fourth-order valence-electron chi connectivity index (χ4n) is 4.13. The summed E-state index contributed by atoms with van der Waals surface area (Å²) in [6, 6.07) is 13.5. The summed E-state index contributed by atoms with van der Waals surface area (Å²) in [6.45, 7) is 8.57. The van der Waals surface area contributed by atoms with Crippen LogP contribution in [0.5, 0.6) is 0 Å². The van der Waals surface area contributed by atoms with E-state index in [0.29, 0.717) is 0 Å². The van der Waals surface area contributed by atoms with Gasteiger partial charge in [0.25, 0.3) is 0 Å². The van der Waals surface area contributed by atoms with Crippen molar-refractivity contribution in [2.24, 2.45) is 9.98 Å². The lowest BCUT2D eigenvalue weighted by molar-refractivity contribution is 1.40. The van der Waals surface area contributed by atoms with Crippen LogP contribution >= 0.6 is 46.2 Å². The van der Waals surface area contributed by atoms with Gasteiger partial charge in [-0.1, -0.05) is 23.5 Å². The first-order valence-electron chi connectivity index (χ1n) is 9.75. The summed E-state index contributed by atoms with van der Waals surface area (Å²) >= 11 is 7.29. The van der Waals surface area contributed by atoms with Crippen molar-refractivity contribution < 1.29 is 0 Å². The maximum Gasteiger partial charge on any atom is 0.0755 e. The Morgan fingerprint density at radius 2 is 1.03 bits per heavy atom. The number of hydrogen-bond donors (Lipinski definition) is 0. The fraction of sp³-hybridized carbons (Fsp3) is 0.167. The van der Waals surface area contributed by atoms with Gasteiger partial charge in [0.1, 0.15) is 0 Å². The van der Waals surface area contributed by atoms with Crippen molar-refractivity contribution in [2.75, 3.05) is 0 Å². The molecule has 2 aromatic heterocycles. The van der Waals surface area contributed by atoms with Crippen LogP contribution in [-0.4, -0.2) is 10.1 Å². The largest absolute Gasteiger partial charge is 0.246 e. The van der Waals surface area contributed by atoms with Crippen LogP contribution in [0.25, 0.3) is 31.7 Å². The SMILES string of the molecule is CC1=Nc2cc(-c3ccc(C)s3)c3c4c(cc(-c5ccc(C)s5)c(c24)S1)N=C(C)S3. The number of thioether (sulfide) groups is 2. The summed E-state index contributed by atoms with van der Waals surface area (Å²) in [5.41, 5.74) is 4.72. The number of aliphatic imine (C=N–C) groups is 2. The van der Waals surface area contributed by atoms with Crippen LogP contribution in [0.2, 0.25) is 0 Å².